The van der Waals surface area contributed by atoms with Crippen LogP contribution in [0.3, 0.4) is 0 Å². The van der Waals surface area contributed by atoms with Gasteiger partial charge in [-0.1, -0.05) is 48.5 Å². The highest BCUT2D eigenvalue weighted by Crippen LogP contribution is 2.20. The van der Waals surface area contributed by atoms with Crippen molar-refractivity contribution >= 4 is 17.5 Å². The maximum atomic E-state index is 12.1. The van der Waals surface area contributed by atoms with Crippen LogP contribution in [0.15, 0.2) is 72.8 Å². The van der Waals surface area contributed by atoms with E-state index in [-0.39, 0.29) is 25.0 Å². The van der Waals surface area contributed by atoms with E-state index < -0.39 is 0 Å². The van der Waals surface area contributed by atoms with Crippen LogP contribution < -0.4 is 20.1 Å². The van der Waals surface area contributed by atoms with E-state index in [2.05, 4.69) is 10.6 Å². The molecule has 0 unspecified atom stereocenters. The summed E-state index contributed by atoms with van der Waals surface area (Å²) in [5, 5.41) is 5.39. The number of carbonyl (C=O) groups excluding carboxylic acids is 2. The Labute approximate surface area is 182 Å². The van der Waals surface area contributed by atoms with Crippen LogP contribution >= 0.6 is 0 Å². The first kappa shape index (κ1) is 21.9. The summed E-state index contributed by atoms with van der Waals surface area (Å²) in [7, 11) is 0. The first-order valence-electron chi connectivity index (χ1n) is 10.0. The van der Waals surface area contributed by atoms with Gasteiger partial charge in [-0.25, -0.2) is 0 Å². The summed E-state index contributed by atoms with van der Waals surface area (Å²) in [5.41, 5.74) is 3.80. The molecule has 160 valence electrons. The molecule has 0 fully saturated rings. The highest BCUT2D eigenvalue weighted by molar-refractivity contribution is 5.95. The minimum Gasteiger partial charge on any atom is -0.489 e. The molecule has 0 aliphatic rings. The molecule has 3 aromatic carbocycles. The second kappa shape index (κ2) is 10.8. The van der Waals surface area contributed by atoms with Gasteiger partial charge in [0.1, 0.15) is 18.1 Å². The third-order valence-electron chi connectivity index (χ3n) is 4.63. The summed E-state index contributed by atoms with van der Waals surface area (Å²) in [4.78, 5) is 24.1. The molecule has 3 aromatic rings. The lowest BCUT2D eigenvalue weighted by Gasteiger charge is -2.12. The summed E-state index contributed by atoms with van der Waals surface area (Å²) in [5.74, 6) is 0.595. The highest BCUT2D eigenvalue weighted by Gasteiger charge is 2.09. The van der Waals surface area contributed by atoms with Gasteiger partial charge < -0.3 is 20.1 Å². The van der Waals surface area contributed by atoms with Crippen molar-refractivity contribution in [3.05, 3.63) is 89.5 Å². The molecule has 3 rings (SSSR count). The van der Waals surface area contributed by atoms with Crippen LogP contribution in [-0.4, -0.2) is 25.0 Å². The number of anilines is 1. The van der Waals surface area contributed by atoms with Gasteiger partial charge in [0, 0.05) is 5.69 Å². The average molecular weight is 418 g/mol. The van der Waals surface area contributed by atoms with E-state index in [1.54, 1.807) is 24.3 Å². The molecule has 0 spiro atoms. The topological polar surface area (TPSA) is 76.7 Å². The molecule has 0 aliphatic heterocycles. The maximum absolute atomic E-state index is 12.1. The number of para-hydroxylation sites is 1. The fourth-order valence-electron chi connectivity index (χ4n) is 2.95. The molecule has 31 heavy (non-hydrogen) atoms. The first-order chi connectivity index (χ1) is 15.0. The Morgan fingerprint density at radius 2 is 1.35 bits per heavy atom. The van der Waals surface area contributed by atoms with Crippen LogP contribution in [0.5, 0.6) is 11.5 Å². The normalized spacial score (nSPS) is 10.3. The predicted molar refractivity (Wildman–Crippen MR) is 120 cm³/mol. The largest absolute Gasteiger partial charge is 0.489 e. The number of benzene rings is 3. The third-order valence-corrected chi connectivity index (χ3v) is 4.63. The van der Waals surface area contributed by atoms with E-state index in [4.69, 9.17) is 9.47 Å². The summed E-state index contributed by atoms with van der Waals surface area (Å²) >= 11 is 0. The van der Waals surface area contributed by atoms with E-state index in [1.807, 2.05) is 62.4 Å². The first-order valence-corrected chi connectivity index (χ1v) is 10.0. The molecule has 0 atom stereocenters. The Balaban J connectivity index is 1.38. The molecule has 6 heteroatoms. The van der Waals surface area contributed by atoms with E-state index in [0.717, 1.165) is 22.4 Å². The fraction of sp³-hybridized carbons (Fsp3) is 0.200. The molecule has 0 aromatic heterocycles. The van der Waals surface area contributed by atoms with Gasteiger partial charge in [-0.2, -0.15) is 0 Å². The van der Waals surface area contributed by atoms with E-state index >= 15 is 0 Å². The third kappa shape index (κ3) is 6.89. The van der Waals surface area contributed by atoms with Gasteiger partial charge in [-0.05, 0) is 54.8 Å². The summed E-state index contributed by atoms with van der Waals surface area (Å²) in [6.07, 6.45) is 0. The SMILES string of the molecule is Cc1cccc(C)c1NC(=O)CNC(=O)COc1ccc(OCc2ccccc2)cc1. The van der Waals surface area contributed by atoms with Crippen molar-refractivity contribution in [2.45, 2.75) is 20.5 Å². The minimum absolute atomic E-state index is 0.123. The van der Waals surface area contributed by atoms with Gasteiger partial charge in [-0.15, -0.1) is 0 Å². The number of aryl methyl sites for hydroxylation is 2. The van der Waals surface area contributed by atoms with E-state index in [9.17, 15) is 9.59 Å². The smallest absolute Gasteiger partial charge is 0.258 e. The number of ether oxygens (including phenoxy) is 2. The Morgan fingerprint density at radius 3 is 2.00 bits per heavy atom. The van der Waals surface area contributed by atoms with Gasteiger partial charge >= 0.3 is 0 Å². The molecule has 0 radical (unpaired) electrons. The summed E-state index contributed by atoms with van der Waals surface area (Å²) < 4.78 is 11.2. The van der Waals surface area contributed by atoms with Crippen LogP contribution in [0, 0.1) is 13.8 Å². The molecular formula is C25H26N2O4. The number of carbonyl (C=O) groups is 2. The Kier molecular flexibility index (Phi) is 7.65. The lowest BCUT2D eigenvalue weighted by molar-refractivity contribution is -0.125. The number of rotatable bonds is 9. The van der Waals surface area contributed by atoms with Crippen molar-refractivity contribution in [3.63, 3.8) is 0 Å². The van der Waals surface area contributed by atoms with Gasteiger partial charge in [0.2, 0.25) is 5.91 Å². The van der Waals surface area contributed by atoms with Crippen LogP contribution in [0.1, 0.15) is 16.7 Å². The van der Waals surface area contributed by atoms with Crippen molar-refractivity contribution in [1.29, 1.82) is 0 Å². The number of hydrogen-bond donors (Lipinski definition) is 2. The zero-order valence-corrected chi connectivity index (χ0v) is 17.7. The predicted octanol–water partition coefficient (Wildman–Crippen LogP) is 4.02. The average Bonchev–Trinajstić information content (AvgIpc) is 2.79. The Bertz CT molecular complexity index is 997. The standard InChI is InChI=1S/C25H26N2O4/c1-18-7-6-8-19(2)25(18)27-23(28)15-26-24(29)17-31-22-13-11-21(12-14-22)30-16-20-9-4-3-5-10-20/h3-14H,15-17H2,1-2H3,(H,26,29)(H,27,28). The lowest BCUT2D eigenvalue weighted by Crippen LogP contribution is -2.36. The monoisotopic (exact) mass is 418 g/mol. The summed E-state index contributed by atoms with van der Waals surface area (Å²) in [6, 6.07) is 22.7. The molecule has 0 aliphatic carbocycles. The lowest BCUT2D eigenvalue weighted by atomic mass is 10.1. The van der Waals surface area contributed by atoms with Crippen LogP contribution in [0.25, 0.3) is 0 Å². The van der Waals surface area contributed by atoms with Gasteiger partial charge in [0.05, 0.1) is 6.54 Å². The van der Waals surface area contributed by atoms with Crippen molar-refractivity contribution in [2.75, 3.05) is 18.5 Å². The Morgan fingerprint density at radius 1 is 0.742 bits per heavy atom. The van der Waals surface area contributed by atoms with Crippen molar-refractivity contribution in [3.8, 4) is 11.5 Å². The molecular weight excluding hydrogens is 392 g/mol. The zero-order valence-electron chi connectivity index (χ0n) is 17.7. The van der Waals surface area contributed by atoms with Crippen LogP contribution in [0.4, 0.5) is 5.69 Å². The Hall–Kier alpha value is -3.80. The number of amides is 2. The molecule has 2 amide bonds. The molecule has 0 bridgehead atoms. The molecule has 0 heterocycles. The minimum atomic E-state index is -0.374. The molecule has 2 N–H and O–H groups in total. The molecule has 0 saturated heterocycles. The summed E-state index contributed by atoms with van der Waals surface area (Å²) in [6.45, 7) is 4.02. The number of nitrogens with one attached hydrogen (secondary N) is 2. The van der Waals surface area contributed by atoms with Gasteiger partial charge in [0.15, 0.2) is 6.61 Å². The quantitative estimate of drug-likeness (QED) is 0.550. The maximum Gasteiger partial charge on any atom is 0.258 e. The number of hydrogen-bond acceptors (Lipinski definition) is 4. The van der Waals surface area contributed by atoms with Crippen molar-refractivity contribution < 1.29 is 19.1 Å². The van der Waals surface area contributed by atoms with E-state index in [1.165, 1.54) is 0 Å². The van der Waals surface area contributed by atoms with Gasteiger partial charge in [0.25, 0.3) is 5.91 Å². The molecule has 0 saturated carbocycles. The fourth-order valence-corrected chi connectivity index (χ4v) is 2.95. The molecule has 6 nitrogen and oxygen atoms in total. The van der Waals surface area contributed by atoms with Crippen LogP contribution in [0.2, 0.25) is 0 Å². The van der Waals surface area contributed by atoms with Crippen LogP contribution in [-0.2, 0) is 16.2 Å². The zero-order chi connectivity index (χ0) is 22.1. The van der Waals surface area contributed by atoms with Crippen molar-refractivity contribution in [1.82, 2.24) is 5.32 Å². The highest BCUT2D eigenvalue weighted by atomic mass is 16.5. The second-order valence-electron chi connectivity index (χ2n) is 7.13. The van der Waals surface area contributed by atoms with E-state index in [0.29, 0.717) is 18.1 Å². The van der Waals surface area contributed by atoms with Gasteiger partial charge in [-0.3, -0.25) is 9.59 Å². The van der Waals surface area contributed by atoms with Crippen molar-refractivity contribution in [2.24, 2.45) is 0 Å². The second-order valence-corrected chi connectivity index (χ2v) is 7.13.